The van der Waals surface area contributed by atoms with Gasteiger partial charge in [-0.3, -0.25) is 19.3 Å². The number of urea groups is 1. The maximum Gasteiger partial charge on any atom is 0.325 e. The van der Waals surface area contributed by atoms with Crippen molar-refractivity contribution in [2.45, 2.75) is 18.4 Å². The van der Waals surface area contributed by atoms with E-state index >= 15 is 0 Å². The quantitative estimate of drug-likeness (QED) is 0.690. The van der Waals surface area contributed by atoms with Crippen molar-refractivity contribution < 1.29 is 19.2 Å². The Morgan fingerprint density at radius 1 is 1.11 bits per heavy atom. The average molecular weight is 378 g/mol. The van der Waals surface area contributed by atoms with Gasteiger partial charge in [-0.15, -0.1) is 0 Å². The summed E-state index contributed by atoms with van der Waals surface area (Å²) in [5.74, 6) is -1.50. The standard InChI is InChI=1S/C20H18N4O4/c21-17(26)13-5-7-14(8-6-13)22-16(25)11-24-18(27)20(23-19(24)28)10-9-12-3-1-2-4-15(12)20/h1-8H,9-11H2,(H2,21,26)(H,22,25)(H,23,28). The summed E-state index contributed by atoms with van der Waals surface area (Å²) in [7, 11) is 0. The zero-order valence-corrected chi connectivity index (χ0v) is 14.9. The number of primary amides is 1. The highest BCUT2D eigenvalue weighted by molar-refractivity contribution is 6.11. The molecule has 28 heavy (non-hydrogen) atoms. The molecule has 0 bridgehead atoms. The van der Waals surface area contributed by atoms with Crippen LogP contribution < -0.4 is 16.4 Å². The second-order valence-corrected chi connectivity index (χ2v) is 6.87. The third-order valence-corrected chi connectivity index (χ3v) is 5.18. The predicted molar refractivity (Wildman–Crippen MR) is 100 cm³/mol. The number of fused-ring (bicyclic) bond motifs is 2. The molecule has 1 aliphatic carbocycles. The molecule has 8 heteroatoms. The monoisotopic (exact) mass is 378 g/mol. The molecule has 1 heterocycles. The molecule has 1 unspecified atom stereocenters. The van der Waals surface area contributed by atoms with Crippen LogP contribution in [-0.4, -0.2) is 35.2 Å². The van der Waals surface area contributed by atoms with Gasteiger partial charge in [-0.25, -0.2) is 4.79 Å². The van der Waals surface area contributed by atoms with Crippen LogP contribution in [0, 0.1) is 0 Å². The fourth-order valence-electron chi connectivity index (χ4n) is 3.80. The molecule has 0 aromatic heterocycles. The summed E-state index contributed by atoms with van der Waals surface area (Å²) in [6, 6.07) is 12.9. The van der Waals surface area contributed by atoms with E-state index in [1.807, 2.05) is 24.3 Å². The van der Waals surface area contributed by atoms with Gasteiger partial charge in [0.2, 0.25) is 11.8 Å². The Kier molecular flexibility index (Phi) is 4.11. The third-order valence-electron chi connectivity index (χ3n) is 5.18. The first-order chi connectivity index (χ1) is 13.4. The van der Waals surface area contributed by atoms with Crippen LogP contribution in [0.3, 0.4) is 0 Å². The number of aryl methyl sites for hydroxylation is 1. The fraction of sp³-hybridized carbons (Fsp3) is 0.200. The lowest BCUT2D eigenvalue weighted by atomic mass is 9.92. The number of nitrogens with one attached hydrogen (secondary N) is 2. The predicted octanol–water partition coefficient (Wildman–Crippen LogP) is 1.12. The van der Waals surface area contributed by atoms with Crippen molar-refractivity contribution in [3.05, 3.63) is 65.2 Å². The maximum absolute atomic E-state index is 13.0. The number of carbonyl (C=O) groups excluding carboxylic acids is 4. The highest BCUT2D eigenvalue weighted by Crippen LogP contribution is 2.41. The van der Waals surface area contributed by atoms with Gasteiger partial charge in [0.25, 0.3) is 5.91 Å². The summed E-state index contributed by atoms with van der Waals surface area (Å²) in [4.78, 5) is 49.8. The van der Waals surface area contributed by atoms with Crippen LogP contribution in [0.1, 0.15) is 27.9 Å². The van der Waals surface area contributed by atoms with Gasteiger partial charge < -0.3 is 16.4 Å². The number of hydrogen-bond acceptors (Lipinski definition) is 4. The van der Waals surface area contributed by atoms with Crippen LogP contribution in [-0.2, 0) is 21.5 Å². The van der Waals surface area contributed by atoms with Gasteiger partial charge in [-0.05, 0) is 48.2 Å². The summed E-state index contributed by atoms with van der Waals surface area (Å²) in [6.07, 6.45) is 1.16. The highest BCUT2D eigenvalue weighted by atomic mass is 16.2. The minimum Gasteiger partial charge on any atom is -0.366 e. The van der Waals surface area contributed by atoms with Gasteiger partial charge in [-0.1, -0.05) is 24.3 Å². The molecule has 0 radical (unpaired) electrons. The van der Waals surface area contributed by atoms with Crippen LogP contribution >= 0.6 is 0 Å². The molecule has 2 aliphatic rings. The SMILES string of the molecule is NC(=O)c1ccc(NC(=O)CN2C(=O)NC3(CCc4ccccc43)C2=O)cc1. The molecule has 1 atom stereocenters. The molecule has 4 N–H and O–H groups in total. The van der Waals surface area contributed by atoms with E-state index in [0.29, 0.717) is 24.1 Å². The molecule has 1 spiro atoms. The number of imide groups is 1. The van der Waals surface area contributed by atoms with Crippen LogP contribution in [0.15, 0.2) is 48.5 Å². The van der Waals surface area contributed by atoms with Crippen LogP contribution in [0.4, 0.5) is 10.5 Å². The summed E-state index contributed by atoms with van der Waals surface area (Å²) < 4.78 is 0. The van der Waals surface area contributed by atoms with E-state index in [9.17, 15) is 19.2 Å². The lowest BCUT2D eigenvalue weighted by Gasteiger charge is -2.22. The van der Waals surface area contributed by atoms with E-state index in [0.717, 1.165) is 16.0 Å². The molecule has 142 valence electrons. The molecule has 5 amide bonds. The van der Waals surface area contributed by atoms with E-state index in [4.69, 9.17) is 5.73 Å². The van der Waals surface area contributed by atoms with E-state index in [1.165, 1.54) is 24.3 Å². The van der Waals surface area contributed by atoms with Crippen molar-refractivity contribution in [1.82, 2.24) is 10.2 Å². The van der Waals surface area contributed by atoms with E-state index < -0.39 is 35.8 Å². The molecular formula is C20H18N4O4. The number of rotatable bonds is 4. The van der Waals surface area contributed by atoms with Crippen molar-refractivity contribution in [2.24, 2.45) is 5.73 Å². The molecule has 1 aliphatic heterocycles. The van der Waals surface area contributed by atoms with E-state index in [-0.39, 0.29) is 0 Å². The van der Waals surface area contributed by atoms with E-state index in [1.54, 1.807) is 0 Å². The lowest BCUT2D eigenvalue weighted by Crippen LogP contribution is -2.43. The average Bonchev–Trinajstić information content (AvgIpc) is 3.16. The summed E-state index contributed by atoms with van der Waals surface area (Å²) in [6.45, 7) is -0.397. The second kappa shape index (κ2) is 6.49. The number of anilines is 1. The van der Waals surface area contributed by atoms with Crippen molar-refractivity contribution in [1.29, 1.82) is 0 Å². The van der Waals surface area contributed by atoms with Crippen molar-refractivity contribution >= 4 is 29.4 Å². The van der Waals surface area contributed by atoms with Crippen molar-refractivity contribution in [2.75, 3.05) is 11.9 Å². The minimum absolute atomic E-state index is 0.314. The Labute approximate surface area is 160 Å². The number of amides is 5. The van der Waals surface area contributed by atoms with Crippen LogP contribution in [0.25, 0.3) is 0 Å². The van der Waals surface area contributed by atoms with Gasteiger partial charge in [0.1, 0.15) is 12.1 Å². The Morgan fingerprint density at radius 3 is 2.54 bits per heavy atom. The molecule has 8 nitrogen and oxygen atoms in total. The Hall–Kier alpha value is -3.68. The summed E-state index contributed by atoms with van der Waals surface area (Å²) >= 11 is 0. The second-order valence-electron chi connectivity index (χ2n) is 6.87. The number of benzene rings is 2. The smallest absolute Gasteiger partial charge is 0.325 e. The zero-order valence-electron chi connectivity index (χ0n) is 14.9. The largest absolute Gasteiger partial charge is 0.366 e. The molecule has 0 saturated carbocycles. The Bertz CT molecular complexity index is 1000. The van der Waals surface area contributed by atoms with Crippen molar-refractivity contribution in [3.63, 3.8) is 0 Å². The topological polar surface area (TPSA) is 122 Å². The van der Waals surface area contributed by atoms with E-state index in [2.05, 4.69) is 10.6 Å². The van der Waals surface area contributed by atoms with Gasteiger partial charge in [0.05, 0.1) is 0 Å². The molecule has 2 aromatic carbocycles. The number of nitrogens with two attached hydrogens (primary N) is 1. The van der Waals surface area contributed by atoms with Crippen LogP contribution in [0.5, 0.6) is 0 Å². The van der Waals surface area contributed by atoms with Gasteiger partial charge in [0, 0.05) is 11.3 Å². The number of hydrogen-bond donors (Lipinski definition) is 3. The first kappa shape index (κ1) is 17.7. The molecular weight excluding hydrogens is 360 g/mol. The van der Waals surface area contributed by atoms with Gasteiger partial charge in [0.15, 0.2) is 0 Å². The van der Waals surface area contributed by atoms with Gasteiger partial charge >= 0.3 is 6.03 Å². The van der Waals surface area contributed by atoms with Crippen molar-refractivity contribution in [3.8, 4) is 0 Å². The lowest BCUT2D eigenvalue weighted by molar-refractivity contribution is -0.134. The summed E-state index contributed by atoms with van der Waals surface area (Å²) in [5.41, 5.74) is 6.66. The fourth-order valence-corrected chi connectivity index (χ4v) is 3.80. The molecule has 1 fully saturated rings. The third kappa shape index (κ3) is 2.79. The Morgan fingerprint density at radius 2 is 1.82 bits per heavy atom. The first-order valence-electron chi connectivity index (χ1n) is 8.83. The molecule has 4 rings (SSSR count). The number of nitrogens with zero attached hydrogens (tertiary/aromatic N) is 1. The number of carbonyl (C=O) groups is 4. The zero-order chi connectivity index (χ0) is 19.9. The summed E-state index contributed by atoms with van der Waals surface area (Å²) in [5, 5.41) is 5.39. The normalized spacial score (nSPS) is 20.2. The highest BCUT2D eigenvalue weighted by Gasteiger charge is 2.55. The maximum atomic E-state index is 13.0. The van der Waals surface area contributed by atoms with Gasteiger partial charge in [-0.2, -0.15) is 0 Å². The van der Waals surface area contributed by atoms with Crippen LogP contribution in [0.2, 0.25) is 0 Å². The molecule has 2 aromatic rings. The minimum atomic E-state index is -1.09. The Balaban J connectivity index is 1.48. The first-order valence-corrected chi connectivity index (χ1v) is 8.83. The molecule has 1 saturated heterocycles.